The number of rotatable bonds is 4. The van der Waals surface area contributed by atoms with Crippen molar-refractivity contribution in [3.05, 3.63) is 29.8 Å². The molecular weight excluding hydrogens is 210 g/mol. The van der Waals surface area contributed by atoms with Gasteiger partial charge in [0.1, 0.15) is 0 Å². The molecule has 94 valence electrons. The minimum absolute atomic E-state index is 0.482. The van der Waals surface area contributed by atoms with Gasteiger partial charge < -0.3 is 10.4 Å². The van der Waals surface area contributed by atoms with Crippen molar-refractivity contribution in [2.45, 2.75) is 51.0 Å². The first-order valence-corrected chi connectivity index (χ1v) is 6.66. The van der Waals surface area contributed by atoms with Crippen LogP contribution in [0.3, 0.4) is 0 Å². The Labute approximate surface area is 104 Å². The molecule has 2 heteroatoms. The minimum Gasteiger partial charge on any atom is -0.388 e. The Morgan fingerprint density at radius 3 is 2.53 bits per heavy atom. The van der Waals surface area contributed by atoms with E-state index in [4.69, 9.17) is 0 Å². The largest absolute Gasteiger partial charge is 0.388 e. The molecule has 1 aromatic rings. The fourth-order valence-electron chi connectivity index (χ4n) is 2.63. The molecule has 2 N–H and O–H groups in total. The van der Waals surface area contributed by atoms with Gasteiger partial charge >= 0.3 is 0 Å². The molecule has 0 saturated heterocycles. The van der Waals surface area contributed by atoms with Gasteiger partial charge in [-0.15, -0.1) is 0 Å². The van der Waals surface area contributed by atoms with E-state index in [0.29, 0.717) is 12.5 Å². The molecule has 17 heavy (non-hydrogen) atoms. The van der Waals surface area contributed by atoms with E-state index in [1.54, 1.807) is 0 Å². The standard InChI is InChI=1S/C15H23NO/c1-12(2)13-7-3-4-8-14(13)16-11-15(17)9-5-6-10-15/h3-4,7-8,12,16-17H,5-6,9-11H2,1-2H3. The molecule has 0 radical (unpaired) electrons. The van der Waals surface area contributed by atoms with Crippen molar-refractivity contribution in [1.29, 1.82) is 0 Å². The molecule has 0 spiro atoms. The van der Waals surface area contributed by atoms with Gasteiger partial charge in [-0.1, -0.05) is 44.9 Å². The zero-order valence-electron chi connectivity index (χ0n) is 10.9. The maximum Gasteiger partial charge on any atom is 0.0819 e. The van der Waals surface area contributed by atoms with E-state index in [-0.39, 0.29) is 0 Å². The van der Waals surface area contributed by atoms with Gasteiger partial charge in [-0.25, -0.2) is 0 Å². The summed E-state index contributed by atoms with van der Waals surface area (Å²) in [6.45, 7) is 5.08. The molecule has 2 rings (SSSR count). The maximum atomic E-state index is 10.3. The van der Waals surface area contributed by atoms with Crippen molar-refractivity contribution in [2.75, 3.05) is 11.9 Å². The smallest absolute Gasteiger partial charge is 0.0819 e. The van der Waals surface area contributed by atoms with Crippen LogP contribution in [0.15, 0.2) is 24.3 Å². The van der Waals surface area contributed by atoms with E-state index in [2.05, 4.69) is 37.4 Å². The summed E-state index contributed by atoms with van der Waals surface area (Å²) in [6, 6.07) is 8.39. The molecule has 0 aromatic heterocycles. The molecule has 0 aliphatic heterocycles. The molecular formula is C15H23NO. The Balaban J connectivity index is 2.03. The van der Waals surface area contributed by atoms with Crippen molar-refractivity contribution in [2.24, 2.45) is 0 Å². The van der Waals surface area contributed by atoms with Crippen molar-refractivity contribution in [3.63, 3.8) is 0 Å². The summed E-state index contributed by atoms with van der Waals surface area (Å²) < 4.78 is 0. The van der Waals surface area contributed by atoms with Crippen LogP contribution < -0.4 is 5.32 Å². The Morgan fingerprint density at radius 1 is 1.24 bits per heavy atom. The van der Waals surface area contributed by atoms with Crippen LogP contribution in [0.5, 0.6) is 0 Å². The molecule has 0 unspecified atom stereocenters. The average molecular weight is 233 g/mol. The Hall–Kier alpha value is -1.02. The van der Waals surface area contributed by atoms with Crippen LogP contribution in [0, 0.1) is 0 Å². The highest BCUT2D eigenvalue weighted by atomic mass is 16.3. The Morgan fingerprint density at radius 2 is 1.88 bits per heavy atom. The number of anilines is 1. The van der Waals surface area contributed by atoms with Gasteiger partial charge in [0.05, 0.1) is 5.60 Å². The summed E-state index contributed by atoms with van der Waals surface area (Å²) in [4.78, 5) is 0. The number of hydrogen-bond donors (Lipinski definition) is 2. The van der Waals surface area contributed by atoms with Crippen LogP contribution in [-0.2, 0) is 0 Å². The molecule has 1 aliphatic rings. The summed E-state index contributed by atoms with van der Waals surface area (Å²) in [7, 11) is 0. The Kier molecular flexibility index (Phi) is 3.72. The summed E-state index contributed by atoms with van der Waals surface area (Å²) in [5.74, 6) is 0.511. The summed E-state index contributed by atoms with van der Waals surface area (Å²) in [6.07, 6.45) is 4.18. The van der Waals surface area contributed by atoms with Crippen molar-refractivity contribution < 1.29 is 5.11 Å². The third-order valence-corrected chi connectivity index (χ3v) is 3.72. The van der Waals surface area contributed by atoms with Gasteiger partial charge in [-0.3, -0.25) is 0 Å². The molecule has 0 atom stereocenters. The zero-order valence-corrected chi connectivity index (χ0v) is 10.9. The molecule has 1 fully saturated rings. The van der Waals surface area contributed by atoms with Crippen LogP contribution in [0.25, 0.3) is 0 Å². The van der Waals surface area contributed by atoms with Gasteiger partial charge in [0.2, 0.25) is 0 Å². The third kappa shape index (κ3) is 3.01. The first-order valence-electron chi connectivity index (χ1n) is 6.66. The van der Waals surface area contributed by atoms with Crippen LogP contribution in [-0.4, -0.2) is 17.3 Å². The van der Waals surface area contributed by atoms with Gasteiger partial charge in [0, 0.05) is 12.2 Å². The van der Waals surface area contributed by atoms with E-state index in [1.807, 2.05) is 6.07 Å². The molecule has 2 nitrogen and oxygen atoms in total. The Bertz CT molecular complexity index is 367. The van der Waals surface area contributed by atoms with Gasteiger partial charge in [0.25, 0.3) is 0 Å². The quantitative estimate of drug-likeness (QED) is 0.834. The highest BCUT2D eigenvalue weighted by Gasteiger charge is 2.30. The van der Waals surface area contributed by atoms with E-state index in [9.17, 15) is 5.11 Å². The van der Waals surface area contributed by atoms with Gasteiger partial charge in [-0.2, -0.15) is 0 Å². The molecule has 0 heterocycles. The van der Waals surface area contributed by atoms with Crippen molar-refractivity contribution in [1.82, 2.24) is 0 Å². The van der Waals surface area contributed by atoms with Crippen LogP contribution >= 0.6 is 0 Å². The van der Waals surface area contributed by atoms with E-state index >= 15 is 0 Å². The third-order valence-electron chi connectivity index (χ3n) is 3.72. The highest BCUT2D eigenvalue weighted by molar-refractivity contribution is 5.52. The molecule has 0 bridgehead atoms. The maximum absolute atomic E-state index is 10.3. The average Bonchev–Trinajstić information content (AvgIpc) is 2.74. The normalized spacial score (nSPS) is 18.6. The molecule has 0 amide bonds. The van der Waals surface area contributed by atoms with Crippen LogP contribution in [0.1, 0.15) is 51.0 Å². The first-order chi connectivity index (χ1) is 8.11. The fourth-order valence-corrected chi connectivity index (χ4v) is 2.63. The lowest BCUT2D eigenvalue weighted by Crippen LogP contribution is -2.33. The lowest BCUT2D eigenvalue weighted by molar-refractivity contribution is 0.0614. The lowest BCUT2D eigenvalue weighted by Gasteiger charge is -2.24. The SMILES string of the molecule is CC(C)c1ccccc1NCC1(O)CCCC1. The van der Waals surface area contributed by atoms with Crippen molar-refractivity contribution >= 4 is 5.69 Å². The number of benzene rings is 1. The van der Waals surface area contributed by atoms with Crippen LogP contribution in [0.2, 0.25) is 0 Å². The van der Waals surface area contributed by atoms with Gasteiger partial charge in [-0.05, 0) is 30.4 Å². The lowest BCUT2D eigenvalue weighted by atomic mass is 9.99. The number of aliphatic hydroxyl groups is 1. The predicted octanol–water partition coefficient (Wildman–Crippen LogP) is 3.53. The zero-order chi connectivity index (χ0) is 12.3. The second kappa shape index (κ2) is 5.09. The van der Waals surface area contributed by atoms with Gasteiger partial charge in [0.15, 0.2) is 0 Å². The second-order valence-electron chi connectivity index (χ2n) is 5.53. The monoisotopic (exact) mass is 233 g/mol. The molecule has 1 aromatic carbocycles. The number of para-hydroxylation sites is 1. The van der Waals surface area contributed by atoms with E-state index < -0.39 is 5.60 Å². The molecule has 1 saturated carbocycles. The fraction of sp³-hybridized carbons (Fsp3) is 0.600. The van der Waals surface area contributed by atoms with E-state index in [1.165, 1.54) is 11.3 Å². The van der Waals surface area contributed by atoms with Crippen LogP contribution in [0.4, 0.5) is 5.69 Å². The topological polar surface area (TPSA) is 32.3 Å². The number of nitrogens with one attached hydrogen (secondary N) is 1. The second-order valence-corrected chi connectivity index (χ2v) is 5.53. The summed E-state index contributed by atoms with van der Waals surface area (Å²) in [5.41, 5.74) is 2.02. The predicted molar refractivity (Wildman–Crippen MR) is 72.4 cm³/mol. The van der Waals surface area contributed by atoms with Crippen molar-refractivity contribution in [3.8, 4) is 0 Å². The summed E-state index contributed by atoms with van der Waals surface area (Å²) >= 11 is 0. The highest BCUT2D eigenvalue weighted by Crippen LogP contribution is 2.31. The number of hydrogen-bond acceptors (Lipinski definition) is 2. The minimum atomic E-state index is -0.482. The van der Waals surface area contributed by atoms with E-state index in [0.717, 1.165) is 25.7 Å². The molecule has 1 aliphatic carbocycles. The summed E-state index contributed by atoms with van der Waals surface area (Å²) in [5, 5.41) is 13.7. The first kappa shape index (κ1) is 12.4.